The standard InChI is InChI=1S/C27H35N7O/c1-4-12-33-18-22-24(26(33)35)30-27(34-13-11-21(17-34)32(5-2)6-3)31-25(22)29-16-19-14-20-9-7-8-10-23(20)28-15-19/h7-10,14-15,21H,4-6,11-13,16-18H2,1-3H3,(H,29,30,31). The first kappa shape index (κ1) is 23.5. The van der Waals surface area contributed by atoms with Crippen molar-refractivity contribution in [3.05, 3.63) is 53.3 Å². The van der Waals surface area contributed by atoms with Crippen LogP contribution >= 0.6 is 0 Å². The normalized spacial score (nSPS) is 17.6. The van der Waals surface area contributed by atoms with Crippen molar-refractivity contribution in [1.29, 1.82) is 0 Å². The van der Waals surface area contributed by atoms with Crippen LogP contribution in [0.1, 0.15) is 55.2 Å². The van der Waals surface area contributed by atoms with E-state index in [-0.39, 0.29) is 5.91 Å². The van der Waals surface area contributed by atoms with Gasteiger partial charge in [-0.05, 0) is 43.6 Å². The molecule has 4 heterocycles. The van der Waals surface area contributed by atoms with Crippen molar-refractivity contribution < 1.29 is 4.79 Å². The first-order valence-electron chi connectivity index (χ1n) is 12.9. The molecule has 1 N–H and O–H groups in total. The summed E-state index contributed by atoms with van der Waals surface area (Å²) < 4.78 is 0. The van der Waals surface area contributed by atoms with Gasteiger partial charge in [0.25, 0.3) is 5.91 Å². The van der Waals surface area contributed by atoms with E-state index in [0.29, 0.717) is 30.8 Å². The number of carbonyl (C=O) groups is 1. The third-order valence-electron chi connectivity index (χ3n) is 7.21. The molecule has 2 aromatic heterocycles. The largest absolute Gasteiger partial charge is 0.365 e. The molecule has 3 aromatic rings. The Hall–Kier alpha value is -3.26. The van der Waals surface area contributed by atoms with E-state index in [1.54, 1.807) is 0 Å². The summed E-state index contributed by atoms with van der Waals surface area (Å²) in [4.78, 5) is 34.1. The first-order valence-corrected chi connectivity index (χ1v) is 12.9. The molecule has 1 saturated heterocycles. The smallest absolute Gasteiger partial charge is 0.273 e. The Balaban J connectivity index is 1.42. The van der Waals surface area contributed by atoms with Gasteiger partial charge in [-0.15, -0.1) is 0 Å². The molecule has 8 nitrogen and oxygen atoms in total. The molecule has 1 atom stereocenters. The number of hydrogen-bond donors (Lipinski definition) is 1. The maximum Gasteiger partial charge on any atom is 0.273 e. The zero-order valence-corrected chi connectivity index (χ0v) is 21.0. The summed E-state index contributed by atoms with van der Waals surface area (Å²) in [5.41, 5.74) is 3.52. The minimum absolute atomic E-state index is 0.0143. The van der Waals surface area contributed by atoms with Crippen molar-refractivity contribution in [1.82, 2.24) is 24.8 Å². The maximum absolute atomic E-state index is 13.2. The van der Waals surface area contributed by atoms with E-state index >= 15 is 0 Å². The minimum atomic E-state index is 0.0143. The van der Waals surface area contributed by atoms with Gasteiger partial charge in [0.2, 0.25) is 5.95 Å². The minimum Gasteiger partial charge on any atom is -0.365 e. The quantitative estimate of drug-likeness (QED) is 0.505. The number of rotatable bonds is 9. The topological polar surface area (TPSA) is 77.5 Å². The molecule has 1 aromatic carbocycles. The number of likely N-dealkylation sites (N-methyl/N-ethyl adjacent to an activating group) is 1. The number of fused-ring (bicyclic) bond motifs is 2. The number of amides is 1. The van der Waals surface area contributed by atoms with E-state index in [4.69, 9.17) is 9.97 Å². The van der Waals surface area contributed by atoms with Gasteiger partial charge in [-0.3, -0.25) is 14.7 Å². The lowest BCUT2D eigenvalue weighted by molar-refractivity contribution is 0.0774. The van der Waals surface area contributed by atoms with Crippen LogP contribution in [0.3, 0.4) is 0 Å². The van der Waals surface area contributed by atoms with Crippen molar-refractivity contribution >= 4 is 28.6 Å². The predicted molar refractivity (Wildman–Crippen MR) is 140 cm³/mol. The number of nitrogens with one attached hydrogen (secondary N) is 1. The Morgan fingerprint density at radius 3 is 2.77 bits per heavy atom. The van der Waals surface area contributed by atoms with Gasteiger partial charge in [0.05, 0.1) is 12.1 Å². The second-order valence-corrected chi connectivity index (χ2v) is 9.43. The SMILES string of the molecule is CCCN1Cc2c(NCc3cnc4ccccc4c3)nc(N3CCC(N(CC)CC)C3)nc2C1=O. The molecule has 0 saturated carbocycles. The fraction of sp³-hybridized carbons (Fsp3) is 0.481. The van der Waals surface area contributed by atoms with Crippen LogP contribution < -0.4 is 10.2 Å². The molecule has 1 amide bonds. The molecule has 2 aliphatic rings. The second kappa shape index (κ2) is 10.2. The second-order valence-electron chi connectivity index (χ2n) is 9.43. The summed E-state index contributed by atoms with van der Waals surface area (Å²) in [6, 6.07) is 10.8. The molecule has 184 valence electrons. The van der Waals surface area contributed by atoms with Gasteiger partial charge in [0.1, 0.15) is 11.5 Å². The van der Waals surface area contributed by atoms with Gasteiger partial charge in [-0.2, -0.15) is 4.98 Å². The van der Waals surface area contributed by atoms with E-state index in [1.165, 1.54) is 0 Å². The van der Waals surface area contributed by atoms with Gasteiger partial charge in [0.15, 0.2) is 0 Å². The average molecular weight is 474 g/mol. The monoisotopic (exact) mass is 473 g/mol. The Bertz CT molecular complexity index is 1210. The molecular weight excluding hydrogens is 438 g/mol. The Kier molecular flexibility index (Phi) is 6.81. The van der Waals surface area contributed by atoms with Crippen LogP contribution in [0.2, 0.25) is 0 Å². The summed E-state index contributed by atoms with van der Waals surface area (Å²) in [7, 11) is 0. The number of hydrogen-bond acceptors (Lipinski definition) is 7. The summed E-state index contributed by atoms with van der Waals surface area (Å²) >= 11 is 0. The van der Waals surface area contributed by atoms with Crippen LogP contribution in [0.15, 0.2) is 36.5 Å². The van der Waals surface area contributed by atoms with Gasteiger partial charge in [-0.1, -0.05) is 39.0 Å². The van der Waals surface area contributed by atoms with E-state index < -0.39 is 0 Å². The van der Waals surface area contributed by atoms with E-state index in [0.717, 1.165) is 73.4 Å². The predicted octanol–water partition coefficient (Wildman–Crippen LogP) is 3.92. The Morgan fingerprint density at radius 2 is 1.97 bits per heavy atom. The Morgan fingerprint density at radius 1 is 1.14 bits per heavy atom. The molecule has 1 fully saturated rings. The third-order valence-corrected chi connectivity index (χ3v) is 7.21. The molecule has 0 aliphatic carbocycles. The number of aromatic nitrogens is 3. The maximum atomic E-state index is 13.2. The number of benzene rings is 1. The van der Waals surface area contributed by atoms with Gasteiger partial charge < -0.3 is 15.1 Å². The van der Waals surface area contributed by atoms with Crippen LogP contribution in [0.4, 0.5) is 11.8 Å². The molecule has 0 radical (unpaired) electrons. The van der Waals surface area contributed by atoms with Crippen molar-refractivity contribution in [2.24, 2.45) is 0 Å². The number of pyridine rings is 1. The molecule has 8 heteroatoms. The fourth-order valence-electron chi connectivity index (χ4n) is 5.31. The van der Waals surface area contributed by atoms with E-state index in [9.17, 15) is 4.79 Å². The summed E-state index contributed by atoms with van der Waals surface area (Å²) in [5, 5.41) is 4.64. The highest BCUT2D eigenvalue weighted by Gasteiger charge is 2.34. The molecule has 2 aliphatic heterocycles. The number of nitrogens with zero attached hydrogens (tertiary/aromatic N) is 6. The zero-order valence-electron chi connectivity index (χ0n) is 21.0. The van der Waals surface area contributed by atoms with E-state index in [2.05, 4.69) is 53.0 Å². The van der Waals surface area contributed by atoms with Crippen molar-refractivity contribution in [3.63, 3.8) is 0 Å². The fourth-order valence-corrected chi connectivity index (χ4v) is 5.31. The molecule has 0 spiro atoms. The lowest BCUT2D eigenvalue weighted by Crippen LogP contribution is -2.37. The van der Waals surface area contributed by atoms with Crippen LogP contribution in [0, 0.1) is 0 Å². The molecule has 1 unspecified atom stereocenters. The van der Waals surface area contributed by atoms with Gasteiger partial charge >= 0.3 is 0 Å². The van der Waals surface area contributed by atoms with Crippen LogP contribution in [-0.4, -0.2) is 69.4 Å². The summed E-state index contributed by atoms with van der Waals surface area (Å²) in [5.74, 6) is 1.43. The van der Waals surface area contributed by atoms with Crippen molar-refractivity contribution in [3.8, 4) is 0 Å². The zero-order chi connectivity index (χ0) is 24.4. The first-order chi connectivity index (χ1) is 17.1. The van der Waals surface area contributed by atoms with Crippen LogP contribution in [-0.2, 0) is 13.1 Å². The van der Waals surface area contributed by atoms with Crippen LogP contribution in [0.5, 0.6) is 0 Å². The van der Waals surface area contributed by atoms with Crippen molar-refractivity contribution in [2.45, 2.75) is 52.7 Å². The number of anilines is 2. The third kappa shape index (κ3) is 4.67. The highest BCUT2D eigenvalue weighted by molar-refractivity contribution is 5.98. The highest BCUT2D eigenvalue weighted by Crippen LogP contribution is 2.31. The molecule has 0 bridgehead atoms. The highest BCUT2D eigenvalue weighted by atomic mass is 16.2. The van der Waals surface area contributed by atoms with Gasteiger partial charge in [-0.25, -0.2) is 4.98 Å². The molecule has 35 heavy (non-hydrogen) atoms. The van der Waals surface area contributed by atoms with Crippen LogP contribution in [0.25, 0.3) is 10.9 Å². The van der Waals surface area contributed by atoms with E-state index in [1.807, 2.05) is 29.3 Å². The average Bonchev–Trinajstić information content (AvgIpc) is 3.49. The summed E-state index contributed by atoms with van der Waals surface area (Å²) in [6.45, 7) is 12.3. The summed E-state index contributed by atoms with van der Waals surface area (Å²) in [6.07, 6.45) is 3.91. The number of carbonyl (C=O) groups excluding carboxylic acids is 1. The Labute approximate surface area is 207 Å². The number of para-hydroxylation sites is 1. The molecule has 5 rings (SSSR count). The van der Waals surface area contributed by atoms with Crippen molar-refractivity contribution in [2.75, 3.05) is 42.9 Å². The molecular formula is C27H35N7O. The lowest BCUT2D eigenvalue weighted by Gasteiger charge is -2.26. The lowest BCUT2D eigenvalue weighted by atomic mass is 10.1. The van der Waals surface area contributed by atoms with Gasteiger partial charge in [0, 0.05) is 49.4 Å².